The largest absolute Gasteiger partial charge is 0.467 e. The smallest absolute Gasteiger partial charge is 0.337 e. The highest BCUT2D eigenvalue weighted by Crippen LogP contribution is 2.18. The Morgan fingerprint density at radius 3 is 2.56 bits per heavy atom. The minimum absolute atomic E-state index is 0.270. The molecular formula is C13H18O3. The highest BCUT2D eigenvalue weighted by Gasteiger charge is 2.31. The number of aliphatic hydroxyl groups is 1. The highest BCUT2D eigenvalue weighted by molar-refractivity contribution is 5.79. The Labute approximate surface area is 96.1 Å². The summed E-state index contributed by atoms with van der Waals surface area (Å²) in [4.78, 5) is 11.3. The highest BCUT2D eigenvalue weighted by atomic mass is 16.5. The summed E-state index contributed by atoms with van der Waals surface area (Å²) < 4.78 is 4.56. The molecule has 0 bridgehead atoms. The van der Waals surface area contributed by atoms with Crippen molar-refractivity contribution in [3.8, 4) is 0 Å². The third kappa shape index (κ3) is 2.83. The Kier molecular flexibility index (Phi) is 3.70. The van der Waals surface area contributed by atoms with Crippen molar-refractivity contribution < 1.29 is 14.6 Å². The molecule has 0 aliphatic rings. The van der Waals surface area contributed by atoms with E-state index in [1.54, 1.807) is 0 Å². The zero-order valence-electron chi connectivity index (χ0n) is 10.2. The lowest BCUT2D eigenvalue weighted by atomic mass is 9.93. The van der Waals surface area contributed by atoms with Gasteiger partial charge in [0.05, 0.1) is 7.11 Å². The molecule has 0 heterocycles. The lowest BCUT2D eigenvalue weighted by Crippen LogP contribution is -2.38. The van der Waals surface area contributed by atoms with Crippen LogP contribution in [0.2, 0.25) is 0 Å². The van der Waals surface area contributed by atoms with Gasteiger partial charge in [-0.1, -0.05) is 23.8 Å². The van der Waals surface area contributed by atoms with Crippen LogP contribution in [0.15, 0.2) is 18.2 Å². The lowest BCUT2D eigenvalue weighted by molar-refractivity contribution is -0.160. The fourth-order valence-corrected chi connectivity index (χ4v) is 1.71. The van der Waals surface area contributed by atoms with Crippen LogP contribution >= 0.6 is 0 Å². The number of methoxy groups -OCH3 is 1. The number of benzene rings is 1. The first-order chi connectivity index (χ1) is 7.36. The van der Waals surface area contributed by atoms with Crippen LogP contribution in [-0.4, -0.2) is 23.8 Å². The minimum Gasteiger partial charge on any atom is -0.467 e. The predicted octanol–water partition coefficient (Wildman–Crippen LogP) is 1.77. The van der Waals surface area contributed by atoms with Gasteiger partial charge in [0.2, 0.25) is 0 Å². The Morgan fingerprint density at radius 2 is 2.06 bits per heavy atom. The summed E-state index contributed by atoms with van der Waals surface area (Å²) in [6.45, 7) is 5.45. The predicted molar refractivity (Wildman–Crippen MR) is 62.3 cm³/mol. The van der Waals surface area contributed by atoms with Gasteiger partial charge in [-0.25, -0.2) is 4.79 Å². The van der Waals surface area contributed by atoms with Crippen LogP contribution in [0.3, 0.4) is 0 Å². The van der Waals surface area contributed by atoms with Crippen LogP contribution in [0.25, 0.3) is 0 Å². The number of hydrogen-bond donors (Lipinski definition) is 1. The van der Waals surface area contributed by atoms with Crippen LogP contribution in [0.4, 0.5) is 0 Å². The van der Waals surface area contributed by atoms with Crippen molar-refractivity contribution in [3.63, 3.8) is 0 Å². The zero-order valence-corrected chi connectivity index (χ0v) is 10.2. The van der Waals surface area contributed by atoms with E-state index in [1.807, 2.05) is 32.0 Å². The fourth-order valence-electron chi connectivity index (χ4n) is 1.71. The maximum absolute atomic E-state index is 11.3. The van der Waals surface area contributed by atoms with E-state index < -0.39 is 11.6 Å². The van der Waals surface area contributed by atoms with Gasteiger partial charge >= 0.3 is 5.97 Å². The van der Waals surface area contributed by atoms with E-state index in [4.69, 9.17) is 0 Å². The molecule has 1 aromatic carbocycles. The van der Waals surface area contributed by atoms with Gasteiger partial charge in [-0.05, 0) is 31.9 Å². The molecule has 1 unspecified atom stereocenters. The summed E-state index contributed by atoms with van der Waals surface area (Å²) in [6, 6.07) is 5.93. The van der Waals surface area contributed by atoms with Gasteiger partial charge in [0.25, 0.3) is 0 Å². The Bertz CT molecular complexity index is 394. The molecule has 0 aliphatic heterocycles. The summed E-state index contributed by atoms with van der Waals surface area (Å²) in [5.74, 6) is -0.604. The molecule has 0 spiro atoms. The van der Waals surface area contributed by atoms with E-state index in [0.717, 1.165) is 11.1 Å². The molecule has 1 rings (SSSR count). The van der Waals surface area contributed by atoms with Gasteiger partial charge in [0.1, 0.15) is 0 Å². The third-order valence-electron chi connectivity index (χ3n) is 2.66. The zero-order chi connectivity index (χ0) is 12.3. The van der Waals surface area contributed by atoms with Gasteiger partial charge in [-0.15, -0.1) is 0 Å². The van der Waals surface area contributed by atoms with Crippen molar-refractivity contribution in [2.75, 3.05) is 7.11 Å². The third-order valence-corrected chi connectivity index (χ3v) is 2.66. The summed E-state index contributed by atoms with van der Waals surface area (Å²) in [5, 5.41) is 9.96. The Morgan fingerprint density at radius 1 is 1.44 bits per heavy atom. The van der Waals surface area contributed by atoms with Gasteiger partial charge < -0.3 is 9.84 Å². The number of rotatable bonds is 3. The number of carbonyl (C=O) groups is 1. The second-order valence-corrected chi connectivity index (χ2v) is 4.37. The standard InChI is InChI=1S/C13H18O3/c1-9-5-6-11(10(2)7-9)8-13(3,15)12(14)16-4/h5-7,15H,8H2,1-4H3. The van der Waals surface area contributed by atoms with Crippen LogP contribution in [0, 0.1) is 13.8 Å². The van der Waals surface area contributed by atoms with Crippen molar-refractivity contribution in [2.24, 2.45) is 0 Å². The molecule has 0 fully saturated rings. The van der Waals surface area contributed by atoms with E-state index in [2.05, 4.69) is 4.74 Å². The number of ether oxygens (including phenoxy) is 1. The Hall–Kier alpha value is -1.35. The molecule has 0 amide bonds. The number of carbonyl (C=O) groups excluding carboxylic acids is 1. The van der Waals surface area contributed by atoms with Gasteiger partial charge in [-0.2, -0.15) is 0 Å². The molecule has 0 radical (unpaired) electrons. The SMILES string of the molecule is COC(=O)C(C)(O)Cc1ccc(C)cc1C. The topological polar surface area (TPSA) is 46.5 Å². The number of esters is 1. The molecular weight excluding hydrogens is 204 g/mol. The minimum atomic E-state index is -1.46. The molecule has 0 aliphatic carbocycles. The van der Waals surface area contributed by atoms with Crippen LogP contribution in [0.1, 0.15) is 23.6 Å². The normalized spacial score (nSPS) is 14.3. The average Bonchev–Trinajstić information content (AvgIpc) is 2.21. The summed E-state index contributed by atoms with van der Waals surface area (Å²) in [7, 11) is 1.28. The summed E-state index contributed by atoms with van der Waals surface area (Å²) in [5.41, 5.74) is 1.73. The van der Waals surface area contributed by atoms with E-state index in [0.29, 0.717) is 0 Å². The molecule has 0 saturated heterocycles. The van der Waals surface area contributed by atoms with Gasteiger partial charge in [0.15, 0.2) is 5.60 Å². The molecule has 1 N–H and O–H groups in total. The van der Waals surface area contributed by atoms with Gasteiger partial charge in [-0.3, -0.25) is 0 Å². The van der Waals surface area contributed by atoms with Crippen molar-refractivity contribution in [3.05, 3.63) is 34.9 Å². The number of hydrogen-bond acceptors (Lipinski definition) is 3. The fraction of sp³-hybridized carbons (Fsp3) is 0.462. The van der Waals surface area contributed by atoms with Crippen LogP contribution < -0.4 is 0 Å². The first-order valence-corrected chi connectivity index (χ1v) is 5.24. The molecule has 88 valence electrons. The molecule has 16 heavy (non-hydrogen) atoms. The summed E-state index contributed by atoms with van der Waals surface area (Å²) in [6.07, 6.45) is 0.270. The summed E-state index contributed by atoms with van der Waals surface area (Å²) >= 11 is 0. The van der Waals surface area contributed by atoms with Crippen LogP contribution in [-0.2, 0) is 16.0 Å². The molecule has 3 heteroatoms. The quantitative estimate of drug-likeness (QED) is 0.793. The first kappa shape index (κ1) is 12.7. The number of aryl methyl sites for hydroxylation is 2. The maximum Gasteiger partial charge on any atom is 0.337 e. The second kappa shape index (κ2) is 4.66. The van der Waals surface area contributed by atoms with Crippen molar-refractivity contribution >= 4 is 5.97 Å². The lowest BCUT2D eigenvalue weighted by Gasteiger charge is -2.21. The molecule has 0 aromatic heterocycles. The van der Waals surface area contributed by atoms with Crippen molar-refractivity contribution in [2.45, 2.75) is 32.8 Å². The molecule has 1 atom stereocenters. The second-order valence-electron chi connectivity index (χ2n) is 4.37. The van der Waals surface area contributed by atoms with Gasteiger partial charge in [0, 0.05) is 6.42 Å². The van der Waals surface area contributed by atoms with Crippen molar-refractivity contribution in [1.29, 1.82) is 0 Å². The Balaban J connectivity index is 2.92. The molecule has 0 saturated carbocycles. The van der Waals surface area contributed by atoms with E-state index in [9.17, 15) is 9.90 Å². The first-order valence-electron chi connectivity index (χ1n) is 5.24. The van der Waals surface area contributed by atoms with E-state index >= 15 is 0 Å². The maximum atomic E-state index is 11.3. The monoisotopic (exact) mass is 222 g/mol. The average molecular weight is 222 g/mol. The van der Waals surface area contributed by atoms with Crippen molar-refractivity contribution in [1.82, 2.24) is 0 Å². The molecule has 1 aromatic rings. The van der Waals surface area contributed by atoms with Crippen LogP contribution in [0.5, 0.6) is 0 Å². The van der Waals surface area contributed by atoms with E-state index in [-0.39, 0.29) is 6.42 Å². The van der Waals surface area contributed by atoms with E-state index in [1.165, 1.54) is 19.6 Å². The molecule has 3 nitrogen and oxygen atoms in total.